The fourth-order valence-corrected chi connectivity index (χ4v) is 3.47. The maximum Gasteiger partial charge on any atom is 0.261 e. The second-order valence-electron chi connectivity index (χ2n) is 8.24. The third-order valence-electron chi connectivity index (χ3n) is 5.28. The van der Waals surface area contributed by atoms with E-state index in [1.54, 1.807) is 4.90 Å². The number of amides is 2. The molecule has 2 aromatic carbocycles. The molecule has 0 aliphatic heterocycles. The van der Waals surface area contributed by atoms with Gasteiger partial charge in [-0.3, -0.25) is 9.59 Å². The van der Waals surface area contributed by atoms with Crippen LogP contribution in [0.2, 0.25) is 0 Å². The van der Waals surface area contributed by atoms with Crippen LogP contribution < -0.4 is 10.1 Å². The number of nitrogens with zero attached hydrogens (tertiary/aromatic N) is 1. The second kappa shape index (κ2) is 12.1. The van der Waals surface area contributed by atoms with E-state index in [1.165, 1.54) is 5.56 Å². The standard InChI is InChI=1S/C26H36N2O3/c1-6-15-27-26(30)24(7-2)28(17-21-10-8-9-20(5)16-21)25(29)18-31-23-13-11-22(12-14-23)19(3)4/h8-14,16,19,24H,6-7,15,17-18H2,1-5H3,(H,27,30). The van der Waals surface area contributed by atoms with E-state index in [9.17, 15) is 9.59 Å². The summed E-state index contributed by atoms with van der Waals surface area (Å²) < 4.78 is 5.78. The molecule has 0 bridgehead atoms. The molecule has 1 atom stereocenters. The van der Waals surface area contributed by atoms with Gasteiger partial charge in [-0.2, -0.15) is 0 Å². The molecule has 168 valence electrons. The largest absolute Gasteiger partial charge is 0.484 e. The molecular formula is C26H36N2O3. The molecular weight excluding hydrogens is 388 g/mol. The highest BCUT2D eigenvalue weighted by atomic mass is 16.5. The Kier molecular flexibility index (Phi) is 9.57. The van der Waals surface area contributed by atoms with Gasteiger partial charge in [0.1, 0.15) is 11.8 Å². The van der Waals surface area contributed by atoms with Crippen LogP contribution in [-0.2, 0) is 16.1 Å². The quantitative estimate of drug-likeness (QED) is 0.562. The Labute approximate surface area is 186 Å². The summed E-state index contributed by atoms with van der Waals surface area (Å²) in [5, 5.41) is 2.93. The molecule has 0 saturated carbocycles. The fourth-order valence-electron chi connectivity index (χ4n) is 3.47. The lowest BCUT2D eigenvalue weighted by molar-refractivity contribution is -0.143. The summed E-state index contributed by atoms with van der Waals surface area (Å²) in [6.45, 7) is 11.1. The average molecular weight is 425 g/mol. The van der Waals surface area contributed by atoms with Crippen molar-refractivity contribution in [2.24, 2.45) is 0 Å². The highest BCUT2D eigenvalue weighted by molar-refractivity contribution is 5.88. The molecule has 1 N–H and O–H groups in total. The van der Waals surface area contributed by atoms with Crippen molar-refractivity contribution in [1.82, 2.24) is 10.2 Å². The minimum atomic E-state index is -0.536. The Morgan fingerprint density at radius 2 is 1.77 bits per heavy atom. The molecule has 31 heavy (non-hydrogen) atoms. The number of aryl methyl sites for hydroxylation is 1. The number of ether oxygens (including phenoxy) is 1. The predicted molar refractivity (Wildman–Crippen MR) is 125 cm³/mol. The molecule has 2 aromatic rings. The zero-order chi connectivity index (χ0) is 22.8. The zero-order valence-corrected chi connectivity index (χ0v) is 19.5. The fraction of sp³-hybridized carbons (Fsp3) is 0.462. The molecule has 1 unspecified atom stereocenters. The first kappa shape index (κ1) is 24.4. The van der Waals surface area contributed by atoms with Crippen LogP contribution >= 0.6 is 0 Å². The monoisotopic (exact) mass is 424 g/mol. The van der Waals surface area contributed by atoms with Crippen LogP contribution in [-0.4, -0.2) is 35.9 Å². The van der Waals surface area contributed by atoms with Crippen LogP contribution in [0.25, 0.3) is 0 Å². The summed E-state index contributed by atoms with van der Waals surface area (Å²) in [5.41, 5.74) is 3.34. The van der Waals surface area contributed by atoms with E-state index in [-0.39, 0.29) is 18.4 Å². The molecule has 0 aromatic heterocycles. The number of rotatable bonds is 11. The van der Waals surface area contributed by atoms with E-state index in [0.29, 0.717) is 31.2 Å². The third-order valence-corrected chi connectivity index (χ3v) is 5.28. The highest BCUT2D eigenvalue weighted by Crippen LogP contribution is 2.19. The molecule has 2 rings (SSSR count). The lowest BCUT2D eigenvalue weighted by Crippen LogP contribution is -2.50. The van der Waals surface area contributed by atoms with Gasteiger partial charge in [-0.25, -0.2) is 0 Å². The van der Waals surface area contributed by atoms with Gasteiger partial charge >= 0.3 is 0 Å². The van der Waals surface area contributed by atoms with Gasteiger partial charge in [-0.15, -0.1) is 0 Å². The molecule has 0 aliphatic rings. The van der Waals surface area contributed by atoms with Gasteiger partial charge in [0, 0.05) is 13.1 Å². The lowest BCUT2D eigenvalue weighted by atomic mass is 10.0. The van der Waals surface area contributed by atoms with Gasteiger partial charge in [0.25, 0.3) is 5.91 Å². The van der Waals surface area contributed by atoms with Crippen LogP contribution in [0, 0.1) is 6.92 Å². The van der Waals surface area contributed by atoms with Gasteiger partial charge in [0.05, 0.1) is 0 Å². The van der Waals surface area contributed by atoms with Crippen molar-refractivity contribution in [3.05, 3.63) is 65.2 Å². The van der Waals surface area contributed by atoms with Gasteiger partial charge in [-0.05, 0) is 48.9 Å². The van der Waals surface area contributed by atoms with Crippen molar-refractivity contribution in [3.8, 4) is 5.75 Å². The summed E-state index contributed by atoms with van der Waals surface area (Å²) in [6.07, 6.45) is 1.39. The number of hydrogen-bond acceptors (Lipinski definition) is 3. The maximum atomic E-state index is 13.2. The topological polar surface area (TPSA) is 58.6 Å². The molecule has 0 fully saturated rings. The van der Waals surface area contributed by atoms with Crippen molar-refractivity contribution in [2.45, 2.75) is 66.0 Å². The first-order chi connectivity index (χ1) is 14.8. The van der Waals surface area contributed by atoms with E-state index in [4.69, 9.17) is 4.74 Å². The van der Waals surface area contributed by atoms with Crippen LogP contribution in [0.15, 0.2) is 48.5 Å². The molecule has 0 radical (unpaired) electrons. The number of benzene rings is 2. The van der Waals surface area contributed by atoms with Gasteiger partial charge < -0.3 is 15.0 Å². The summed E-state index contributed by atoms with van der Waals surface area (Å²) in [6, 6.07) is 15.3. The number of carbonyl (C=O) groups excluding carboxylic acids is 2. The first-order valence-electron chi connectivity index (χ1n) is 11.2. The van der Waals surface area contributed by atoms with Crippen LogP contribution in [0.1, 0.15) is 63.1 Å². The molecule has 0 heterocycles. The minimum absolute atomic E-state index is 0.107. The Balaban J connectivity index is 2.16. The second-order valence-corrected chi connectivity index (χ2v) is 8.24. The van der Waals surface area contributed by atoms with Crippen LogP contribution in [0.4, 0.5) is 0 Å². The highest BCUT2D eigenvalue weighted by Gasteiger charge is 2.28. The molecule has 0 aliphatic carbocycles. The van der Waals surface area contributed by atoms with Crippen LogP contribution in [0.5, 0.6) is 5.75 Å². The van der Waals surface area contributed by atoms with Gasteiger partial charge in [0.15, 0.2) is 6.61 Å². The third kappa shape index (κ3) is 7.42. The Hall–Kier alpha value is -2.82. The van der Waals surface area contributed by atoms with Crippen molar-refractivity contribution in [1.29, 1.82) is 0 Å². The van der Waals surface area contributed by atoms with Crippen molar-refractivity contribution >= 4 is 11.8 Å². The summed E-state index contributed by atoms with van der Waals surface area (Å²) in [7, 11) is 0. The predicted octanol–water partition coefficient (Wildman–Crippen LogP) is 4.83. The van der Waals surface area contributed by atoms with Crippen molar-refractivity contribution < 1.29 is 14.3 Å². The summed E-state index contributed by atoms with van der Waals surface area (Å²) in [5.74, 6) is 0.767. The first-order valence-corrected chi connectivity index (χ1v) is 11.2. The van der Waals surface area contributed by atoms with Crippen molar-refractivity contribution in [3.63, 3.8) is 0 Å². The van der Waals surface area contributed by atoms with E-state index in [2.05, 4.69) is 19.2 Å². The normalized spacial score (nSPS) is 11.8. The molecule has 0 saturated heterocycles. The number of nitrogens with one attached hydrogen (secondary N) is 1. The van der Waals surface area contributed by atoms with Crippen molar-refractivity contribution in [2.75, 3.05) is 13.2 Å². The zero-order valence-electron chi connectivity index (χ0n) is 19.5. The average Bonchev–Trinajstić information content (AvgIpc) is 2.76. The maximum absolute atomic E-state index is 13.2. The van der Waals surface area contributed by atoms with E-state index in [0.717, 1.165) is 17.5 Å². The summed E-state index contributed by atoms with van der Waals surface area (Å²) in [4.78, 5) is 27.6. The summed E-state index contributed by atoms with van der Waals surface area (Å²) >= 11 is 0. The molecule has 2 amide bonds. The van der Waals surface area contributed by atoms with E-state index < -0.39 is 6.04 Å². The smallest absolute Gasteiger partial charge is 0.261 e. The number of hydrogen-bond donors (Lipinski definition) is 1. The molecule has 0 spiro atoms. The number of carbonyl (C=O) groups is 2. The SMILES string of the molecule is CCCNC(=O)C(CC)N(Cc1cccc(C)c1)C(=O)COc1ccc(C(C)C)cc1. The Morgan fingerprint density at radius 3 is 2.35 bits per heavy atom. The molecule has 5 heteroatoms. The lowest BCUT2D eigenvalue weighted by Gasteiger charge is -2.30. The van der Waals surface area contributed by atoms with Crippen LogP contribution in [0.3, 0.4) is 0 Å². The Morgan fingerprint density at radius 1 is 1.06 bits per heavy atom. The van der Waals surface area contributed by atoms with Gasteiger partial charge in [-0.1, -0.05) is 69.7 Å². The van der Waals surface area contributed by atoms with E-state index >= 15 is 0 Å². The molecule has 5 nitrogen and oxygen atoms in total. The minimum Gasteiger partial charge on any atom is -0.484 e. The van der Waals surface area contributed by atoms with Gasteiger partial charge in [0.2, 0.25) is 5.91 Å². The van der Waals surface area contributed by atoms with E-state index in [1.807, 2.05) is 69.3 Å². The Bertz CT molecular complexity index is 846.